The molecule has 0 N–H and O–H groups in total. The highest BCUT2D eigenvalue weighted by Gasteiger charge is 2.49. The van der Waals surface area contributed by atoms with Gasteiger partial charge in [-0.25, -0.2) is 4.39 Å². The molecule has 2 aliphatic rings. The number of ketones is 1. The van der Waals surface area contributed by atoms with Crippen molar-refractivity contribution in [3.63, 3.8) is 0 Å². The fraction of sp³-hybridized carbons (Fsp3) is 0.417. The second-order valence-electron chi connectivity index (χ2n) is 4.37. The SMILES string of the molecule is O=C1CCC2(CC2)c2cccc(F)c21. The van der Waals surface area contributed by atoms with E-state index in [9.17, 15) is 9.18 Å². The van der Waals surface area contributed by atoms with E-state index in [-0.39, 0.29) is 17.0 Å². The second-order valence-corrected chi connectivity index (χ2v) is 4.37. The molecule has 1 saturated carbocycles. The number of fused-ring (bicyclic) bond motifs is 2. The van der Waals surface area contributed by atoms with Gasteiger partial charge in [0.15, 0.2) is 5.78 Å². The summed E-state index contributed by atoms with van der Waals surface area (Å²) in [6, 6.07) is 5.02. The number of Topliss-reactive ketones (excluding diaryl/α,β-unsaturated/α-hetero) is 1. The van der Waals surface area contributed by atoms with Crippen LogP contribution in [0.1, 0.15) is 41.6 Å². The van der Waals surface area contributed by atoms with Crippen LogP contribution < -0.4 is 0 Å². The smallest absolute Gasteiger partial charge is 0.166 e. The first kappa shape index (κ1) is 8.16. The van der Waals surface area contributed by atoms with Gasteiger partial charge >= 0.3 is 0 Å². The van der Waals surface area contributed by atoms with Crippen molar-refractivity contribution in [2.45, 2.75) is 31.1 Å². The van der Waals surface area contributed by atoms with Crippen LogP contribution in [0.4, 0.5) is 4.39 Å². The highest BCUT2D eigenvalue weighted by atomic mass is 19.1. The van der Waals surface area contributed by atoms with Crippen molar-refractivity contribution < 1.29 is 9.18 Å². The Bertz CT molecular complexity index is 418. The molecule has 0 aromatic heterocycles. The minimum absolute atomic E-state index is 0.0179. The third-order valence-electron chi connectivity index (χ3n) is 3.55. The third-order valence-corrected chi connectivity index (χ3v) is 3.55. The van der Waals surface area contributed by atoms with Crippen molar-refractivity contribution in [2.75, 3.05) is 0 Å². The predicted molar refractivity (Wildman–Crippen MR) is 50.9 cm³/mol. The normalized spacial score (nSPS) is 22.2. The summed E-state index contributed by atoms with van der Waals surface area (Å²) in [5, 5.41) is 0. The van der Waals surface area contributed by atoms with E-state index in [4.69, 9.17) is 0 Å². The highest BCUT2D eigenvalue weighted by Crippen LogP contribution is 2.55. The highest BCUT2D eigenvalue weighted by molar-refractivity contribution is 5.99. The van der Waals surface area contributed by atoms with Gasteiger partial charge in [0.05, 0.1) is 5.56 Å². The van der Waals surface area contributed by atoms with Gasteiger partial charge in [-0.1, -0.05) is 12.1 Å². The Hall–Kier alpha value is -1.18. The average Bonchev–Trinajstić information content (AvgIpc) is 2.93. The monoisotopic (exact) mass is 190 g/mol. The summed E-state index contributed by atoms with van der Waals surface area (Å²) >= 11 is 0. The Morgan fingerprint density at radius 3 is 2.71 bits per heavy atom. The van der Waals surface area contributed by atoms with Crippen molar-refractivity contribution in [3.05, 3.63) is 35.1 Å². The molecule has 2 aliphatic carbocycles. The van der Waals surface area contributed by atoms with E-state index in [1.807, 2.05) is 6.07 Å². The summed E-state index contributed by atoms with van der Waals surface area (Å²) in [5.74, 6) is -0.353. The van der Waals surface area contributed by atoms with Gasteiger partial charge in [-0.2, -0.15) is 0 Å². The van der Waals surface area contributed by atoms with Crippen LogP contribution >= 0.6 is 0 Å². The molecule has 1 fully saturated rings. The largest absolute Gasteiger partial charge is 0.294 e. The van der Waals surface area contributed by atoms with Crippen LogP contribution in [-0.2, 0) is 5.41 Å². The van der Waals surface area contributed by atoms with E-state index >= 15 is 0 Å². The summed E-state index contributed by atoms with van der Waals surface area (Å²) in [6.45, 7) is 0. The van der Waals surface area contributed by atoms with Crippen LogP contribution in [-0.4, -0.2) is 5.78 Å². The number of carbonyl (C=O) groups excluding carboxylic acids is 1. The molecule has 0 heterocycles. The quantitative estimate of drug-likeness (QED) is 0.614. The number of rotatable bonds is 0. The van der Waals surface area contributed by atoms with E-state index in [2.05, 4.69) is 0 Å². The second kappa shape index (κ2) is 2.44. The molecule has 1 aromatic carbocycles. The van der Waals surface area contributed by atoms with Gasteiger partial charge in [0.1, 0.15) is 5.82 Å². The molecule has 14 heavy (non-hydrogen) atoms. The maximum atomic E-state index is 13.5. The fourth-order valence-electron chi connectivity index (χ4n) is 2.53. The molecule has 0 atom stereocenters. The molecule has 1 spiro atoms. The lowest BCUT2D eigenvalue weighted by molar-refractivity contribution is 0.0960. The zero-order valence-electron chi connectivity index (χ0n) is 7.85. The zero-order chi connectivity index (χ0) is 9.76. The number of benzene rings is 1. The molecule has 0 radical (unpaired) electrons. The predicted octanol–water partition coefficient (Wildman–Crippen LogP) is 2.83. The van der Waals surface area contributed by atoms with Gasteiger partial charge in [-0.3, -0.25) is 4.79 Å². The van der Waals surface area contributed by atoms with Crippen LogP contribution in [0, 0.1) is 5.82 Å². The maximum Gasteiger partial charge on any atom is 0.166 e. The Morgan fingerprint density at radius 2 is 2.00 bits per heavy atom. The lowest BCUT2D eigenvalue weighted by atomic mass is 9.79. The summed E-state index contributed by atoms with van der Waals surface area (Å²) in [5.41, 5.74) is 1.51. The van der Waals surface area contributed by atoms with Crippen LogP contribution in [0.25, 0.3) is 0 Å². The van der Waals surface area contributed by atoms with E-state index in [1.165, 1.54) is 6.07 Å². The third kappa shape index (κ3) is 0.912. The Labute approximate surface area is 81.9 Å². The number of hydrogen-bond acceptors (Lipinski definition) is 1. The Balaban J connectivity index is 2.26. The van der Waals surface area contributed by atoms with E-state index in [0.717, 1.165) is 24.8 Å². The molecule has 0 saturated heterocycles. The topological polar surface area (TPSA) is 17.1 Å². The van der Waals surface area contributed by atoms with Gasteiger partial charge in [0.25, 0.3) is 0 Å². The molecule has 0 bridgehead atoms. The Morgan fingerprint density at radius 1 is 1.21 bits per heavy atom. The molecule has 1 aromatic rings. The molecule has 0 aliphatic heterocycles. The van der Waals surface area contributed by atoms with Crippen LogP contribution in [0.15, 0.2) is 18.2 Å². The summed E-state index contributed by atoms with van der Waals surface area (Å²) in [6.07, 6.45) is 3.68. The summed E-state index contributed by atoms with van der Waals surface area (Å²) < 4.78 is 13.5. The number of hydrogen-bond donors (Lipinski definition) is 0. The first-order valence-corrected chi connectivity index (χ1v) is 5.05. The molecule has 0 amide bonds. The first-order chi connectivity index (χ1) is 6.73. The maximum absolute atomic E-state index is 13.5. The van der Waals surface area contributed by atoms with Crippen LogP contribution in [0.2, 0.25) is 0 Å². The van der Waals surface area contributed by atoms with E-state index in [0.29, 0.717) is 12.0 Å². The van der Waals surface area contributed by atoms with Gasteiger partial charge in [-0.15, -0.1) is 0 Å². The standard InChI is InChI=1S/C12H11FO/c13-9-3-1-2-8-11(9)10(14)4-5-12(8)6-7-12/h1-3H,4-7H2. The average molecular weight is 190 g/mol. The minimum Gasteiger partial charge on any atom is -0.294 e. The van der Waals surface area contributed by atoms with Crippen molar-refractivity contribution in [1.82, 2.24) is 0 Å². The molecular formula is C12H11FO. The van der Waals surface area contributed by atoms with Gasteiger partial charge in [-0.05, 0) is 36.3 Å². The zero-order valence-corrected chi connectivity index (χ0v) is 7.85. The van der Waals surface area contributed by atoms with Crippen LogP contribution in [0.3, 0.4) is 0 Å². The molecule has 72 valence electrons. The van der Waals surface area contributed by atoms with Gasteiger partial charge in [0, 0.05) is 6.42 Å². The fourth-order valence-corrected chi connectivity index (χ4v) is 2.53. The first-order valence-electron chi connectivity index (χ1n) is 5.05. The lowest BCUT2D eigenvalue weighted by Crippen LogP contribution is -2.22. The molecule has 1 nitrogen and oxygen atoms in total. The minimum atomic E-state index is -0.335. The van der Waals surface area contributed by atoms with Crippen LogP contribution in [0.5, 0.6) is 0 Å². The molecule has 0 unspecified atom stereocenters. The Kier molecular flexibility index (Phi) is 1.42. The van der Waals surface area contributed by atoms with Crippen molar-refractivity contribution >= 4 is 5.78 Å². The van der Waals surface area contributed by atoms with Crippen molar-refractivity contribution in [3.8, 4) is 0 Å². The summed E-state index contributed by atoms with van der Waals surface area (Å²) in [7, 11) is 0. The van der Waals surface area contributed by atoms with Gasteiger partial charge < -0.3 is 0 Å². The van der Waals surface area contributed by atoms with E-state index < -0.39 is 0 Å². The molecule has 3 rings (SSSR count). The van der Waals surface area contributed by atoms with E-state index in [1.54, 1.807) is 6.07 Å². The molecule has 2 heteroatoms. The van der Waals surface area contributed by atoms with Crippen molar-refractivity contribution in [2.24, 2.45) is 0 Å². The number of halogens is 1. The lowest BCUT2D eigenvalue weighted by Gasteiger charge is -2.24. The molecular weight excluding hydrogens is 179 g/mol. The van der Waals surface area contributed by atoms with Crippen molar-refractivity contribution in [1.29, 1.82) is 0 Å². The number of carbonyl (C=O) groups is 1. The summed E-state index contributed by atoms with van der Waals surface area (Å²) in [4.78, 5) is 11.6. The van der Waals surface area contributed by atoms with Gasteiger partial charge in [0.2, 0.25) is 0 Å².